The number of benzene rings is 2. The molecule has 2 nitrogen and oxygen atoms in total. The van der Waals surface area contributed by atoms with Crippen molar-refractivity contribution < 1.29 is 23.0 Å². The highest BCUT2D eigenvalue weighted by Gasteiger charge is 2.28. The summed E-state index contributed by atoms with van der Waals surface area (Å²) < 4.78 is 41.0. The Morgan fingerprint density at radius 2 is 1.76 bits per heavy atom. The highest BCUT2D eigenvalue weighted by Crippen LogP contribution is 2.24. The summed E-state index contributed by atoms with van der Waals surface area (Å²) >= 11 is 0. The summed E-state index contributed by atoms with van der Waals surface area (Å²) in [6.07, 6.45) is -3.94. The predicted octanol–water partition coefficient (Wildman–Crippen LogP) is 3.51. The minimum absolute atomic E-state index is 0.0144. The third-order valence-corrected chi connectivity index (χ3v) is 2.68. The Morgan fingerprint density at radius 1 is 1.05 bits per heavy atom. The molecule has 0 atom stereocenters. The van der Waals surface area contributed by atoms with Crippen LogP contribution in [-0.2, 0) is 0 Å². The van der Waals surface area contributed by atoms with E-state index in [-0.39, 0.29) is 12.4 Å². The van der Waals surface area contributed by atoms with Crippen LogP contribution in [0.2, 0.25) is 0 Å². The summed E-state index contributed by atoms with van der Waals surface area (Å²) in [6.45, 7) is -1.29. The maximum absolute atomic E-state index is 12.1. The first-order chi connectivity index (χ1) is 9.98. The van der Waals surface area contributed by atoms with Crippen LogP contribution >= 0.6 is 0 Å². The van der Waals surface area contributed by atoms with Crippen LogP contribution in [0.4, 0.5) is 13.2 Å². The molecule has 1 N–H and O–H groups in total. The molecule has 0 aromatic heterocycles. The van der Waals surface area contributed by atoms with E-state index in [1.807, 2.05) is 6.07 Å². The number of hydrogen-bond acceptors (Lipinski definition) is 2. The maximum Gasteiger partial charge on any atom is 0.422 e. The van der Waals surface area contributed by atoms with E-state index in [2.05, 4.69) is 11.8 Å². The maximum atomic E-state index is 12.1. The Labute approximate surface area is 120 Å². The van der Waals surface area contributed by atoms with Crippen molar-refractivity contribution in [3.63, 3.8) is 0 Å². The van der Waals surface area contributed by atoms with Gasteiger partial charge in [0.2, 0.25) is 0 Å². The molecule has 110 valence electrons. The molecule has 0 heterocycles. The van der Waals surface area contributed by atoms with Gasteiger partial charge >= 0.3 is 6.18 Å². The minimum Gasteiger partial charge on any atom is -0.484 e. The van der Waals surface area contributed by atoms with Crippen molar-refractivity contribution >= 4 is 10.8 Å². The van der Waals surface area contributed by atoms with Gasteiger partial charge in [-0.2, -0.15) is 13.2 Å². The molecule has 0 aliphatic carbocycles. The van der Waals surface area contributed by atoms with Gasteiger partial charge in [0.1, 0.15) is 5.75 Å². The molecule has 2 aromatic carbocycles. The van der Waals surface area contributed by atoms with E-state index in [0.29, 0.717) is 6.42 Å². The van der Waals surface area contributed by atoms with Gasteiger partial charge in [0.25, 0.3) is 0 Å². The van der Waals surface area contributed by atoms with Gasteiger partial charge < -0.3 is 9.84 Å². The molecule has 0 unspecified atom stereocenters. The smallest absolute Gasteiger partial charge is 0.422 e. The van der Waals surface area contributed by atoms with Crippen molar-refractivity contribution in [2.24, 2.45) is 0 Å². The third-order valence-electron chi connectivity index (χ3n) is 2.68. The topological polar surface area (TPSA) is 29.5 Å². The van der Waals surface area contributed by atoms with Gasteiger partial charge in [0, 0.05) is 12.0 Å². The van der Waals surface area contributed by atoms with Gasteiger partial charge in [-0.1, -0.05) is 24.0 Å². The van der Waals surface area contributed by atoms with E-state index in [0.717, 1.165) is 16.3 Å². The van der Waals surface area contributed by atoms with E-state index in [9.17, 15) is 13.2 Å². The van der Waals surface area contributed by atoms with E-state index in [1.54, 1.807) is 24.3 Å². The van der Waals surface area contributed by atoms with Crippen molar-refractivity contribution in [2.75, 3.05) is 13.2 Å². The van der Waals surface area contributed by atoms with Crippen molar-refractivity contribution in [3.8, 4) is 17.6 Å². The van der Waals surface area contributed by atoms with E-state index < -0.39 is 12.8 Å². The van der Waals surface area contributed by atoms with Gasteiger partial charge in [0.15, 0.2) is 6.61 Å². The summed E-state index contributed by atoms with van der Waals surface area (Å²) in [5.74, 6) is 5.90. The molecule has 2 rings (SSSR count). The highest BCUT2D eigenvalue weighted by molar-refractivity contribution is 5.85. The second-order valence-corrected chi connectivity index (χ2v) is 4.40. The number of alkyl halides is 3. The van der Waals surface area contributed by atoms with Crippen molar-refractivity contribution in [1.82, 2.24) is 0 Å². The molecule has 0 saturated heterocycles. The van der Waals surface area contributed by atoms with Crippen LogP contribution in [-0.4, -0.2) is 24.5 Å². The summed E-state index contributed by atoms with van der Waals surface area (Å²) in [4.78, 5) is 0. The van der Waals surface area contributed by atoms with Gasteiger partial charge in [-0.3, -0.25) is 0 Å². The Kier molecular flexibility index (Phi) is 4.71. The average Bonchev–Trinajstić information content (AvgIpc) is 2.44. The second kappa shape index (κ2) is 6.51. The Morgan fingerprint density at radius 3 is 2.48 bits per heavy atom. The lowest BCUT2D eigenvalue weighted by Gasteiger charge is -2.09. The molecular formula is C16H13F3O2. The van der Waals surface area contributed by atoms with Crippen LogP contribution in [0.1, 0.15) is 12.0 Å². The molecule has 0 saturated carbocycles. The first-order valence-electron chi connectivity index (χ1n) is 6.31. The van der Waals surface area contributed by atoms with Crippen LogP contribution in [0.5, 0.6) is 5.75 Å². The molecule has 21 heavy (non-hydrogen) atoms. The van der Waals surface area contributed by atoms with Gasteiger partial charge in [-0.15, -0.1) is 0 Å². The predicted molar refractivity (Wildman–Crippen MR) is 74.1 cm³/mol. The van der Waals surface area contributed by atoms with Crippen LogP contribution in [0.3, 0.4) is 0 Å². The zero-order valence-electron chi connectivity index (χ0n) is 11.1. The molecule has 0 radical (unpaired) electrons. The zero-order chi connectivity index (χ0) is 15.3. The van der Waals surface area contributed by atoms with Crippen LogP contribution < -0.4 is 4.74 Å². The number of aliphatic hydroxyl groups is 1. The summed E-state index contributed by atoms with van der Waals surface area (Å²) in [7, 11) is 0. The molecule has 0 bridgehead atoms. The van der Waals surface area contributed by atoms with Crippen molar-refractivity contribution in [1.29, 1.82) is 0 Å². The lowest BCUT2D eigenvalue weighted by atomic mass is 10.1. The normalized spacial score (nSPS) is 11.0. The van der Waals surface area contributed by atoms with Gasteiger partial charge in [0.05, 0.1) is 6.61 Å². The zero-order valence-corrected chi connectivity index (χ0v) is 11.1. The van der Waals surface area contributed by atoms with Crippen LogP contribution in [0.25, 0.3) is 10.8 Å². The molecule has 0 aliphatic rings. The third kappa shape index (κ3) is 4.69. The van der Waals surface area contributed by atoms with E-state index in [4.69, 9.17) is 9.84 Å². The standard InChI is InChI=1S/C16H13F3O2/c17-16(18,19)11-21-15-7-6-13-9-12(3-1-2-8-20)4-5-14(13)10-15/h4-7,9-10,20H,2,8,11H2. The van der Waals surface area contributed by atoms with E-state index >= 15 is 0 Å². The van der Waals surface area contributed by atoms with Crippen LogP contribution in [0.15, 0.2) is 36.4 Å². The first-order valence-corrected chi connectivity index (χ1v) is 6.31. The fourth-order valence-electron chi connectivity index (χ4n) is 1.78. The highest BCUT2D eigenvalue weighted by atomic mass is 19.4. The van der Waals surface area contributed by atoms with E-state index in [1.165, 1.54) is 6.07 Å². The molecule has 0 fully saturated rings. The Balaban J connectivity index is 2.18. The Hall–Kier alpha value is -2.19. The number of ether oxygens (including phenoxy) is 1. The molecule has 5 heteroatoms. The largest absolute Gasteiger partial charge is 0.484 e. The van der Waals surface area contributed by atoms with Crippen molar-refractivity contribution in [3.05, 3.63) is 42.0 Å². The SMILES string of the molecule is OCCC#Cc1ccc2cc(OCC(F)(F)F)ccc2c1. The van der Waals surface area contributed by atoms with Crippen LogP contribution in [0, 0.1) is 11.8 Å². The molecule has 2 aromatic rings. The number of fused-ring (bicyclic) bond motifs is 1. The van der Waals surface area contributed by atoms with Crippen molar-refractivity contribution in [2.45, 2.75) is 12.6 Å². The molecule has 0 spiro atoms. The minimum atomic E-state index is -4.35. The lowest BCUT2D eigenvalue weighted by molar-refractivity contribution is -0.153. The number of aliphatic hydroxyl groups excluding tert-OH is 1. The molecule has 0 aliphatic heterocycles. The average molecular weight is 294 g/mol. The fraction of sp³-hybridized carbons (Fsp3) is 0.250. The number of rotatable bonds is 3. The van der Waals surface area contributed by atoms with Gasteiger partial charge in [-0.25, -0.2) is 0 Å². The quantitative estimate of drug-likeness (QED) is 0.878. The second-order valence-electron chi connectivity index (χ2n) is 4.40. The fourth-order valence-corrected chi connectivity index (χ4v) is 1.78. The first kappa shape index (κ1) is 15.2. The number of hydrogen-bond donors (Lipinski definition) is 1. The molecule has 0 amide bonds. The summed E-state index contributed by atoms with van der Waals surface area (Å²) in [5, 5.41) is 10.3. The summed E-state index contributed by atoms with van der Waals surface area (Å²) in [6, 6.07) is 10.1. The monoisotopic (exact) mass is 294 g/mol. The number of halogens is 3. The van der Waals surface area contributed by atoms with Gasteiger partial charge in [-0.05, 0) is 35.0 Å². The summed E-state index contributed by atoms with van der Waals surface area (Å²) in [5.41, 5.74) is 0.792. The lowest BCUT2D eigenvalue weighted by Crippen LogP contribution is -2.19. The Bertz CT molecular complexity index is 681. The molecular weight excluding hydrogens is 281 g/mol.